The monoisotopic (exact) mass is 266 g/mol. The van der Waals surface area contributed by atoms with Crippen LogP contribution in [0.15, 0.2) is 29.6 Å². The van der Waals surface area contributed by atoms with Gasteiger partial charge in [0.25, 0.3) is 0 Å². The number of nitrogens with zero attached hydrogens (tertiary/aromatic N) is 1. The zero-order valence-corrected chi connectivity index (χ0v) is 11.3. The minimum Gasteiger partial charge on any atom is -0.330 e. The molecule has 1 heterocycles. The lowest BCUT2D eigenvalue weighted by atomic mass is 10.1. The molecule has 1 atom stereocenters. The van der Waals surface area contributed by atoms with Gasteiger partial charge in [-0.15, -0.1) is 11.3 Å². The van der Waals surface area contributed by atoms with Gasteiger partial charge >= 0.3 is 0 Å². The van der Waals surface area contributed by atoms with E-state index in [4.69, 9.17) is 17.3 Å². The van der Waals surface area contributed by atoms with E-state index in [2.05, 4.69) is 17.3 Å². The van der Waals surface area contributed by atoms with Crippen LogP contribution < -0.4 is 5.73 Å². The van der Waals surface area contributed by atoms with Gasteiger partial charge in [-0.3, -0.25) is 0 Å². The third-order valence-electron chi connectivity index (χ3n) is 2.72. The Morgan fingerprint density at radius 1 is 1.35 bits per heavy atom. The minimum absolute atomic E-state index is 0.428. The molecular weight excluding hydrogens is 252 g/mol. The van der Waals surface area contributed by atoms with Crippen LogP contribution in [0.3, 0.4) is 0 Å². The number of thiazole rings is 1. The zero-order valence-electron chi connectivity index (χ0n) is 9.69. The Hall–Kier alpha value is -0.900. The Morgan fingerprint density at radius 3 is 2.71 bits per heavy atom. The van der Waals surface area contributed by atoms with Crippen molar-refractivity contribution in [3.63, 3.8) is 0 Å². The van der Waals surface area contributed by atoms with E-state index in [-0.39, 0.29) is 0 Å². The molecule has 0 spiro atoms. The molecule has 1 aromatic heterocycles. The summed E-state index contributed by atoms with van der Waals surface area (Å²) in [5.74, 6) is 0.428. The second-order valence-electron chi connectivity index (χ2n) is 4.06. The molecule has 2 rings (SSSR count). The summed E-state index contributed by atoms with van der Waals surface area (Å²) in [4.78, 5) is 4.65. The Labute approximate surface area is 110 Å². The lowest BCUT2D eigenvalue weighted by Gasteiger charge is -2.05. The summed E-state index contributed by atoms with van der Waals surface area (Å²) in [5, 5.41) is 3.91. The van der Waals surface area contributed by atoms with Crippen LogP contribution >= 0.6 is 22.9 Å². The smallest absolute Gasteiger partial charge is 0.123 e. The van der Waals surface area contributed by atoms with Crippen LogP contribution in [-0.2, 0) is 0 Å². The molecule has 0 aliphatic carbocycles. The maximum atomic E-state index is 5.87. The van der Waals surface area contributed by atoms with Crippen molar-refractivity contribution in [1.29, 1.82) is 0 Å². The van der Waals surface area contributed by atoms with E-state index in [1.54, 1.807) is 11.3 Å². The third kappa shape index (κ3) is 3.06. The van der Waals surface area contributed by atoms with Crippen LogP contribution in [0.2, 0.25) is 5.02 Å². The summed E-state index contributed by atoms with van der Waals surface area (Å²) in [6.07, 6.45) is 0.976. The zero-order chi connectivity index (χ0) is 12.3. The van der Waals surface area contributed by atoms with Gasteiger partial charge in [-0.2, -0.15) is 0 Å². The van der Waals surface area contributed by atoms with Crippen LogP contribution in [0.1, 0.15) is 25.0 Å². The number of nitrogens with two attached hydrogens (primary N) is 1. The van der Waals surface area contributed by atoms with Gasteiger partial charge < -0.3 is 5.73 Å². The Bertz CT molecular complexity index is 478. The highest BCUT2D eigenvalue weighted by Crippen LogP contribution is 2.28. The molecule has 0 aliphatic rings. The molecule has 90 valence electrons. The minimum atomic E-state index is 0.428. The largest absolute Gasteiger partial charge is 0.330 e. The molecule has 4 heteroatoms. The molecule has 1 aromatic carbocycles. The Morgan fingerprint density at radius 2 is 2.06 bits per heavy atom. The average Bonchev–Trinajstić information content (AvgIpc) is 2.80. The molecule has 0 fully saturated rings. The van der Waals surface area contributed by atoms with Gasteiger partial charge in [-0.05, 0) is 25.1 Å². The first-order valence-corrected chi connectivity index (χ1v) is 6.88. The highest BCUT2D eigenvalue weighted by atomic mass is 35.5. The van der Waals surface area contributed by atoms with Crippen molar-refractivity contribution < 1.29 is 0 Å². The van der Waals surface area contributed by atoms with E-state index < -0.39 is 0 Å². The van der Waals surface area contributed by atoms with Gasteiger partial charge in [0.1, 0.15) is 5.01 Å². The van der Waals surface area contributed by atoms with Gasteiger partial charge in [0.15, 0.2) is 0 Å². The van der Waals surface area contributed by atoms with E-state index in [0.717, 1.165) is 27.7 Å². The van der Waals surface area contributed by atoms with Gasteiger partial charge in [0.05, 0.1) is 5.69 Å². The van der Waals surface area contributed by atoms with E-state index in [0.29, 0.717) is 12.5 Å². The molecule has 0 saturated carbocycles. The fraction of sp³-hybridized carbons (Fsp3) is 0.308. The lowest BCUT2D eigenvalue weighted by molar-refractivity contribution is 0.675. The maximum Gasteiger partial charge on any atom is 0.123 e. The summed E-state index contributed by atoms with van der Waals surface area (Å²) in [6.45, 7) is 2.86. The van der Waals surface area contributed by atoms with Gasteiger partial charge in [-0.25, -0.2) is 4.98 Å². The standard InChI is InChI=1S/C13H15ClN2S/c1-9(6-7-15)12-8-17-13(16-12)10-2-4-11(14)5-3-10/h2-5,8-9H,6-7,15H2,1H3. The summed E-state index contributed by atoms with van der Waals surface area (Å²) < 4.78 is 0. The Balaban J connectivity index is 2.20. The number of benzene rings is 1. The summed E-state index contributed by atoms with van der Waals surface area (Å²) >= 11 is 7.53. The van der Waals surface area contributed by atoms with Crippen molar-refractivity contribution in [2.24, 2.45) is 5.73 Å². The molecule has 2 N–H and O–H groups in total. The van der Waals surface area contributed by atoms with E-state index in [9.17, 15) is 0 Å². The second-order valence-corrected chi connectivity index (χ2v) is 5.36. The molecule has 0 saturated heterocycles. The van der Waals surface area contributed by atoms with E-state index in [1.165, 1.54) is 0 Å². The molecular formula is C13H15ClN2S. The van der Waals surface area contributed by atoms with Crippen LogP contribution in [0.5, 0.6) is 0 Å². The predicted octanol–water partition coefficient (Wildman–Crippen LogP) is 3.92. The topological polar surface area (TPSA) is 38.9 Å². The predicted molar refractivity (Wildman–Crippen MR) is 74.6 cm³/mol. The first-order valence-electron chi connectivity index (χ1n) is 5.62. The maximum absolute atomic E-state index is 5.87. The molecule has 1 unspecified atom stereocenters. The summed E-state index contributed by atoms with van der Waals surface area (Å²) in [5.41, 5.74) is 7.81. The van der Waals surface area contributed by atoms with Gasteiger partial charge in [-0.1, -0.05) is 30.7 Å². The van der Waals surface area contributed by atoms with Crippen molar-refractivity contribution in [1.82, 2.24) is 4.98 Å². The average molecular weight is 267 g/mol. The highest BCUT2D eigenvalue weighted by Gasteiger charge is 2.10. The highest BCUT2D eigenvalue weighted by molar-refractivity contribution is 7.13. The first-order chi connectivity index (χ1) is 8.20. The number of hydrogen-bond donors (Lipinski definition) is 1. The fourth-order valence-electron chi connectivity index (χ4n) is 1.64. The second kappa shape index (κ2) is 5.63. The number of rotatable bonds is 4. The van der Waals surface area contributed by atoms with Crippen molar-refractivity contribution in [2.45, 2.75) is 19.3 Å². The number of hydrogen-bond acceptors (Lipinski definition) is 3. The molecule has 17 heavy (non-hydrogen) atoms. The van der Waals surface area contributed by atoms with E-state index >= 15 is 0 Å². The molecule has 0 amide bonds. The van der Waals surface area contributed by atoms with Crippen LogP contribution in [0.25, 0.3) is 10.6 Å². The third-order valence-corrected chi connectivity index (χ3v) is 3.88. The molecule has 0 aliphatic heterocycles. The molecule has 0 radical (unpaired) electrons. The van der Waals surface area contributed by atoms with Crippen molar-refractivity contribution in [2.75, 3.05) is 6.54 Å². The number of aromatic nitrogens is 1. The van der Waals surface area contributed by atoms with Gasteiger partial charge in [0.2, 0.25) is 0 Å². The van der Waals surface area contributed by atoms with Crippen LogP contribution in [-0.4, -0.2) is 11.5 Å². The fourth-order valence-corrected chi connectivity index (χ4v) is 2.71. The summed E-state index contributed by atoms with van der Waals surface area (Å²) in [6, 6.07) is 7.78. The van der Waals surface area contributed by atoms with Crippen LogP contribution in [0.4, 0.5) is 0 Å². The van der Waals surface area contributed by atoms with Gasteiger partial charge in [0, 0.05) is 21.9 Å². The molecule has 2 nitrogen and oxygen atoms in total. The van der Waals surface area contributed by atoms with E-state index in [1.807, 2.05) is 24.3 Å². The SMILES string of the molecule is CC(CCN)c1csc(-c2ccc(Cl)cc2)n1. The van der Waals surface area contributed by atoms with Crippen LogP contribution in [0, 0.1) is 0 Å². The van der Waals surface area contributed by atoms with Crippen molar-refractivity contribution in [3.05, 3.63) is 40.4 Å². The Kier molecular flexibility index (Phi) is 4.15. The first kappa shape index (κ1) is 12.6. The van der Waals surface area contributed by atoms with Crippen molar-refractivity contribution >= 4 is 22.9 Å². The normalized spacial score (nSPS) is 12.6. The van der Waals surface area contributed by atoms with Crippen molar-refractivity contribution in [3.8, 4) is 10.6 Å². The quantitative estimate of drug-likeness (QED) is 0.911. The molecule has 2 aromatic rings. The number of halogens is 1. The molecule has 0 bridgehead atoms. The lowest BCUT2D eigenvalue weighted by Crippen LogP contribution is -2.04. The summed E-state index contributed by atoms with van der Waals surface area (Å²) in [7, 11) is 0.